The molecule has 2 heteroatoms. The van der Waals surface area contributed by atoms with Crippen LogP contribution in [0, 0.1) is 0 Å². The van der Waals surface area contributed by atoms with E-state index in [0.717, 1.165) is 6.42 Å². The molecule has 1 fully saturated rings. The Labute approximate surface area is 70.4 Å². The summed E-state index contributed by atoms with van der Waals surface area (Å²) >= 11 is 0. The standard InChI is InChI=1S/C9H18OP/c1-3-8(2)11(10)9-6-4-5-7-9/h8-9H,3-7H2,1-2H3/q+1. The molecule has 0 radical (unpaired) electrons. The van der Waals surface area contributed by atoms with Crippen molar-refractivity contribution in [3.63, 3.8) is 0 Å². The van der Waals surface area contributed by atoms with Crippen molar-refractivity contribution in [1.29, 1.82) is 0 Å². The normalized spacial score (nSPS) is 23.6. The maximum absolute atomic E-state index is 11.7. The largest absolute Gasteiger partial charge is 0.344 e. The van der Waals surface area contributed by atoms with Crippen LogP contribution in [0.15, 0.2) is 0 Å². The van der Waals surface area contributed by atoms with Crippen molar-refractivity contribution in [2.75, 3.05) is 0 Å². The van der Waals surface area contributed by atoms with Gasteiger partial charge in [0.1, 0.15) is 0 Å². The van der Waals surface area contributed by atoms with Crippen LogP contribution < -0.4 is 0 Å². The van der Waals surface area contributed by atoms with E-state index in [2.05, 4.69) is 13.8 Å². The maximum Gasteiger partial charge on any atom is 0.344 e. The molecule has 0 aromatic carbocycles. The molecule has 64 valence electrons. The minimum atomic E-state index is -0.893. The van der Waals surface area contributed by atoms with Crippen molar-refractivity contribution in [2.24, 2.45) is 0 Å². The lowest BCUT2D eigenvalue weighted by atomic mass is 10.4. The summed E-state index contributed by atoms with van der Waals surface area (Å²) in [5, 5.41) is 0. The molecule has 11 heavy (non-hydrogen) atoms. The average molecular weight is 173 g/mol. The lowest BCUT2D eigenvalue weighted by molar-refractivity contribution is 0.567. The smallest absolute Gasteiger partial charge is 0.0742 e. The van der Waals surface area contributed by atoms with Gasteiger partial charge in [0.05, 0.1) is 0 Å². The van der Waals surface area contributed by atoms with Crippen molar-refractivity contribution < 1.29 is 4.57 Å². The van der Waals surface area contributed by atoms with Crippen LogP contribution in [0.4, 0.5) is 0 Å². The van der Waals surface area contributed by atoms with E-state index in [9.17, 15) is 4.57 Å². The summed E-state index contributed by atoms with van der Waals surface area (Å²) in [4.78, 5) is 0. The molecule has 1 aliphatic carbocycles. The van der Waals surface area contributed by atoms with Gasteiger partial charge in [-0.25, -0.2) is 0 Å². The van der Waals surface area contributed by atoms with Crippen LogP contribution in [0.5, 0.6) is 0 Å². The third kappa shape index (κ3) is 2.27. The predicted molar refractivity (Wildman–Crippen MR) is 49.6 cm³/mol. The monoisotopic (exact) mass is 173 g/mol. The van der Waals surface area contributed by atoms with E-state index in [1.165, 1.54) is 25.7 Å². The first-order valence-electron chi connectivity index (χ1n) is 4.71. The number of hydrogen-bond donors (Lipinski definition) is 0. The first-order chi connectivity index (χ1) is 5.25. The third-order valence-electron chi connectivity index (χ3n) is 2.71. The molecule has 0 heterocycles. The van der Waals surface area contributed by atoms with Crippen molar-refractivity contribution in [2.45, 2.75) is 57.3 Å². The van der Waals surface area contributed by atoms with Crippen molar-refractivity contribution in [1.82, 2.24) is 0 Å². The molecule has 2 unspecified atom stereocenters. The van der Waals surface area contributed by atoms with E-state index in [-0.39, 0.29) is 0 Å². The highest BCUT2D eigenvalue weighted by atomic mass is 31.1. The SMILES string of the molecule is CCC(C)[P+](=O)C1CCCC1. The van der Waals surface area contributed by atoms with Gasteiger partial charge >= 0.3 is 7.80 Å². The Morgan fingerprint density at radius 1 is 1.45 bits per heavy atom. The van der Waals surface area contributed by atoms with Gasteiger partial charge in [-0.2, -0.15) is 0 Å². The van der Waals surface area contributed by atoms with E-state index >= 15 is 0 Å². The molecule has 0 bridgehead atoms. The fourth-order valence-corrected chi connectivity index (χ4v) is 3.65. The summed E-state index contributed by atoms with van der Waals surface area (Å²) in [7, 11) is -0.893. The average Bonchev–Trinajstić information content (AvgIpc) is 2.53. The summed E-state index contributed by atoms with van der Waals surface area (Å²) in [5.41, 5.74) is 1.02. The molecule has 1 nitrogen and oxygen atoms in total. The summed E-state index contributed by atoms with van der Waals surface area (Å²) < 4.78 is 11.7. The van der Waals surface area contributed by atoms with Crippen LogP contribution in [0.1, 0.15) is 46.0 Å². The van der Waals surface area contributed by atoms with Gasteiger partial charge in [0.2, 0.25) is 0 Å². The molecule has 0 aliphatic heterocycles. The van der Waals surface area contributed by atoms with Crippen LogP contribution in [0.2, 0.25) is 0 Å². The summed E-state index contributed by atoms with van der Waals surface area (Å²) in [6.45, 7) is 4.25. The lowest BCUT2D eigenvalue weighted by Crippen LogP contribution is -2.03. The fraction of sp³-hybridized carbons (Fsp3) is 1.00. The van der Waals surface area contributed by atoms with Crippen LogP contribution in [0.25, 0.3) is 0 Å². The molecule has 0 amide bonds. The van der Waals surface area contributed by atoms with Gasteiger partial charge in [0.15, 0.2) is 11.3 Å². The van der Waals surface area contributed by atoms with E-state index in [4.69, 9.17) is 0 Å². The van der Waals surface area contributed by atoms with E-state index < -0.39 is 7.80 Å². The number of rotatable bonds is 3. The van der Waals surface area contributed by atoms with Gasteiger partial charge in [-0.3, -0.25) is 0 Å². The molecule has 1 saturated carbocycles. The number of hydrogen-bond acceptors (Lipinski definition) is 1. The molecule has 1 rings (SSSR count). The van der Waals surface area contributed by atoms with E-state index in [1.54, 1.807) is 0 Å². The predicted octanol–water partition coefficient (Wildman–Crippen LogP) is 3.55. The molecule has 0 aromatic heterocycles. The second-order valence-electron chi connectivity index (χ2n) is 3.56. The molecular weight excluding hydrogens is 155 g/mol. The van der Waals surface area contributed by atoms with Crippen molar-refractivity contribution in [3.8, 4) is 0 Å². The zero-order valence-electron chi connectivity index (χ0n) is 7.55. The highest BCUT2D eigenvalue weighted by Crippen LogP contribution is 2.43. The second-order valence-corrected chi connectivity index (χ2v) is 5.89. The van der Waals surface area contributed by atoms with Gasteiger partial charge in [0.25, 0.3) is 0 Å². The molecule has 0 spiro atoms. The lowest BCUT2D eigenvalue weighted by Gasteiger charge is -2.00. The van der Waals surface area contributed by atoms with Crippen LogP contribution in [-0.4, -0.2) is 11.3 Å². The molecular formula is C9H18OP+. The zero-order valence-corrected chi connectivity index (χ0v) is 8.44. The van der Waals surface area contributed by atoms with Crippen LogP contribution in [0.3, 0.4) is 0 Å². The second kappa shape index (κ2) is 4.21. The Morgan fingerprint density at radius 3 is 2.45 bits per heavy atom. The van der Waals surface area contributed by atoms with Gasteiger partial charge in [0, 0.05) is 0 Å². The Kier molecular flexibility index (Phi) is 3.51. The molecule has 0 N–H and O–H groups in total. The Morgan fingerprint density at radius 2 is 2.00 bits per heavy atom. The van der Waals surface area contributed by atoms with Gasteiger partial charge in [-0.1, -0.05) is 11.5 Å². The summed E-state index contributed by atoms with van der Waals surface area (Å²) in [5.74, 6) is 0. The van der Waals surface area contributed by atoms with Gasteiger partial charge < -0.3 is 0 Å². The first-order valence-corrected chi connectivity index (χ1v) is 6.11. The first kappa shape index (κ1) is 9.19. The molecule has 0 saturated heterocycles. The Balaban J connectivity index is 2.39. The van der Waals surface area contributed by atoms with Gasteiger partial charge in [-0.15, -0.1) is 0 Å². The minimum absolute atomic E-state index is 0.452. The third-order valence-corrected chi connectivity index (χ3v) is 5.18. The summed E-state index contributed by atoms with van der Waals surface area (Å²) in [6.07, 6.45) is 6.13. The Hall–Kier alpha value is 0.100. The highest BCUT2D eigenvalue weighted by molar-refractivity contribution is 7.46. The van der Waals surface area contributed by atoms with Gasteiger partial charge in [-0.05, 0) is 39.0 Å². The zero-order chi connectivity index (χ0) is 8.27. The quantitative estimate of drug-likeness (QED) is 0.596. The molecule has 0 aromatic rings. The minimum Gasteiger partial charge on any atom is -0.0742 e. The summed E-state index contributed by atoms with van der Waals surface area (Å²) in [6, 6.07) is 0. The van der Waals surface area contributed by atoms with E-state index in [0.29, 0.717) is 11.3 Å². The van der Waals surface area contributed by atoms with E-state index in [1.807, 2.05) is 0 Å². The maximum atomic E-state index is 11.7. The topological polar surface area (TPSA) is 17.1 Å². The van der Waals surface area contributed by atoms with Crippen LogP contribution in [-0.2, 0) is 4.57 Å². The fourth-order valence-electron chi connectivity index (χ4n) is 1.70. The van der Waals surface area contributed by atoms with Crippen molar-refractivity contribution >= 4 is 7.80 Å². The van der Waals surface area contributed by atoms with Crippen molar-refractivity contribution in [3.05, 3.63) is 0 Å². The Bertz CT molecular complexity index is 138. The van der Waals surface area contributed by atoms with Crippen LogP contribution >= 0.6 is 7.80 Å². The molecule has 2 atom stereocenters. The highest BCUT2D eigenvalue weighted by Gasteiger charge is 2.36. The molecule has 1 aliphatic rings.